The van der Waals surface area contributed by atoms with Gasteiger partial charge in [-0.2, -0.15) is 0 Å². The Labute approximate surface area is 127 Å². The minimum atomic E-state index is -0.660. The topological polar surface area (TPSA) is 93.3 Å². The fraction of sp³-hybridized carbons (Fsp3) is 0.267. The van der Waals surface area contributed by atoms with E-state index in [0.29, 0.717) is 5.69 Å². The Kier molecular flexibility index (Phi) is 4.45. The smallest absolute Gasteiger partial charge is 0.354 e. The zero-order chi connectivity index (χ0) is 16.3. The Balaban J connectivity index is 2.46. The molecule has 0 aliphatic rings. The first-order valence-corrected chi connectivity index (χ1v) is 6.56. The Morgan fingerprint density at radius 1 is 1.23 bits per heavy atom. The number of hydrogen-bond acceptors (Lipinski definition) is 6. The molecule has 2 rings (SSSR count). The molecule has 2 N–H and O–H groups in total. The summed E-state index contributed by atoms with van der Waals surface area (Å²) in [6.45, 7) is 3.84. The van der Waals surface area contributed by atoms with Crippen molar-refractivity contribution >= 4 is 28.7 Å². The number of hydrogen-bond donors (Lipinski definition) is 2. The van der Waals surface area contributed by atoms with E-state index in [1.165, 1.54) is 14.2 Å². The van der Waals surface area contributed by atoms with Gasteiger partial charge in [-0.1, -0.05) is 0 Å². The molecular weight excluding hydrogens is 286 g/mol. The normalized spacial score (nSPS) is 11.4. The number of H-pyrrole nitrogens is 1. The molecule has 7 nitrogen and oxygen atoms in total. The van der Waals surface area contributed by atoms with Crippen molar-refractivity contribution in [3.8, 4) is 0 Å². The lowest BCUT2D eigenvalue weighted by Crippen LogP contribution is -2.16. The minimum Gasteiger partial charge on any atom is -0.466 e. The van der Waals surface area contributed by atoms with Gasteiger partial charge in [0.2, 0.25) is 0 Å². The number of imidazole rings is 1. The average Bonchev–Trinajstić information content (AvgIpc) is 2.98. The van der Waals surface area contributed by atoms with Crippen molar-refractivity contribution in [2.75, 3.05) is 19.5 Å². The molecular formula is C15H17N3O4. The second-order valence-corrected chi connectivity index (χ2v) is 4.67. The summed E-state index contributed by atoms with van der Waals surface area (Å²) >= 11 is 0. The van der Waals surface area contributed by atoms with Gasteiger partial charge in [0.15, 0.2) is 0 Å². The van der Waals surface area contributed by atoms with Gasteiger partial charge >= 0.3 is 11.9 Å². The SMILES string of the molecule is COC(=O)/C=C(/Nc1cc2[nH]cnc2c(C)c1C)C(=O)OC. The summed E-state index contributed by atoms with van der Waals surface area (Å²) < 4.78 is 9.22. The van der Waals surface area contributed by atoms with E-state index in [4.69, 9.17) is 0 Å². The lowest BCUT2D eigenvalue weighted by atomic mass is 10.1. The van der Waals surface area contributed by atoms with Crippen LogP contribution in [0.15, 0.2) is 24.2 Å². The molecule has 1 heterocycles. The van der Waals surface area contributed by atoms with Crippen LogP contribution in [0, 0.1) is 13.8 Å². The molecule has 0 aliphatic heterocycles. The van der Waals surface area contributed by atoms with Crippen LogP contribution in [0.3, 0.4) is 0 Å². The highest BCUT2D eigenvalue weighted by Gasteiger charge is 2.16. The van der Waals surface area contributed by atoms with Gasteiger partial charge in [-0.15, -0.1) is 0 Å². The number of methoxy groups -OCH3 is 2. The van der Waals surface area contributed by atoms with Crippen molar-refractivity contribution in [1.82, 2.24) is 9.97 Å². The number of fused-ring (bicyclic) bond motifs is 1. The van der Waals surface area contributed by atoms with E-state index in [9.17, 15) is 9.59 Å². The molecule has 0 saturated heterocycles. The molecule has 7 heteroatoms. The number of aromatic nitrogens is 2. The zero-order valence-electron chi connectivity index (χ0n) is 12.8. The maximum Gasteiger partial charge on any atom is 0.354 e. The van der Waals surface area contributed by atoms with Crippen molar-refractivity contribution in [3.05, 3.63) is 35.3 Å². The Morgan fingerprint density at radius 2 is 1.95 bits per heavy atom. The predicted molar refractivity (Wildman–Crippen MR) is 81.3 cm³/mol. The summed E-state index contributed by atoms with van der Waals surface area (Å²) in [5.74, 6) is -1.31. The Bertz CT molecular complexity index is 761. The third-order valence-electron chi connectivity index (χ3n) is 3.42. The third-order valence-corrected chi connectivity index (χ3v) is 3.42. The number of carbonyl (C=O) groups excluding carboxylic acids is 2. The number of rotatable bonds is 4. The molecule has 0 spiro atoms. The molecule has 1 aromatic heterocycles. The number of carbonyl (C=O) groups is 2. The van der Waals surface area contributed by atoms with Gasteiger partial charge in [-0.25, -0.2) is 14.6 Å². The van der Waals surface area contributed by atoms with Crippen molar-refractivity contribution in [3.63, 3.8) is 0 Å². The van der Waals surface area contributed by atoms with Crippen LogP contribution in [0.5, 0.6) is 0 Å². The second-order valence-electron chi connectivity index (χ2n) is 4.67. The van der Waals surface area contributed by atoms with Crippen molar-refractivity contribution < 1.29 is 19.1 Å². The highest BCUT2D eigenvalue weighted by atomic mass is 16.5. The maximum absolute atomic E-state index is 11.8. The van der Waals surface area contributed by atoms with Gasteiger partial charge in [0.25, 0.3) is 0 Å². The highest BCUT2D eigenvalue weighted by Crippen LogP contribution is 2.27. The summed E-state index contributed by atoms with van der Waals surface area (Å²) in [4.78, 5) is 30.5. The first-order valence-electron chi connectivity index (χ1n) is 6.56. The molecule has 116 valence electrons. The van der Waals surface area contributed by atoms with Crippen LogP contribution < -0.4 is 5.32 Å². The third kappa shape index (κ3) is 2.93. The van der Waals surface area contributed by atoms with Crippen LogP contribution in [0.4, 0.5) is 5.69 Å². The van der Waals surface area contributed by atoms with Crippen molar-refractivity contribution in [2.45, 2.75) is 13.8 Å². The highest BCUT2D eigenvalue weighted by molar-refractivity contribution is 5.99. The number of aryl methyl sites for hydroxylation is 1. The Hall–Kier alpha value is -2.83. The lowest BCUT2D eigenvalue weighted by Gasteiger charge is -2.13. The molecule has 2 aromatic rings. The first-order chi connectivity index (χ1) is 10.5. The molecule has 0 aliphatic carbocycles. The predicted octanol–water partition coefficient (Wildman–Crippen LogP) is 1.82. The van der Waals surface area contributed by atoms with Gasteiger partial charge in [-0.05, 0) is 31.0 Å². The number of benzene rings is 1. The molecule has 0 radical (unpaired) electrons. The quantitative estimate of drug-likeness (QED) is 0.661. The van der Waals surface area contributed by atoms with E-state index in [0.717, 1.165) is 28.2 Å². The van der Waals surface area contributed by atoms with E-state index in [1.54, 1.807) is 6.33 Å². The average molecular weight is 303 g/mol. The van der Waals surface area contributed by atoms with Crippen molar-refractivity contribution in [2.24, 2.45) is 0 Å². The number of anilines is 1. The van der Waals surface area contributed by atoms with Crippen LogP contribution in [-0.4, -0.2) is 36.1 Å². The molecule has 0 saturated carbocycles. The summed E-state index contributed by atoms with van der Waals surface area (Å²) in [5.41, 5.74) is 4.25. The summed E-state index contributed by atoms with van der Waals surface area (Å²) in [6.07, 6.45) is 2.66. The summed E-state index contributed by atoms with van der Waals surface area (Å²) in [7, 11) is 2.48. The van der Waals surface area contributed by atoms with Crippen LogP contribution >= 0.6 is 0 Å². The van der Waals surface area contributed by atoms with E-state index in [2.05, 4.69) is 24.8 Å². The van der Waals surface area contributed by atoms with Crippen molar-refractivity contribution in [1.29, 1.82) is 0 Å². The van der Waals surface area contributed by atoms with Gasteiger partial charge in [0.1, 0.15) is 5.70 Å². The van der Waals surface area contributed by atoms with Crippen LogP contribution in [0.2, 0.25) is 0 Å². The maximum atomic E-state index is 11.8. The summed E-state index contributed by atoms with van der Waals surface area (Å²) in [6, 6.07) is 1.82. The van der Waals surface area contributed by atoms with E-state index >= 15 is 0 Å². The number of esters is 2. The van der Waals surface area contributed by atoms with E-state index in [1.807, 2.05) is 19.9 Å². The Morgan fingerprint density at radius 3 is 2.59 bits per heavy atom. The first kappa shape index (κ1) is 15.6. The standard InChI is InChI=1S/C15H17N3O4/c1-8-9(2)14-11(16-7-17-14)5-10(8)18-12(15(20)22-4)6-13(19)21-3/h5-7,18H,1-4H3,(H,16,17)/b12-6+. The van der Waals surface area contributed by atoms with Gasteiger partial charge in [0.05, 0.1) is 37.7 Å². The van der Waals surface area contributed by atoms with E-state index < -0.39 is 11.9 Å². The van der Waals surface area contributed by atoms with Gasteiger partial charge < -0.3 is 19.8 Å². The fourth-order valence-electron chi connectivity index (χ4n) is 2.05. The zero-order valence-corrected chi connectivity index (χ0v) is 12.8. The van der Waals surface area contributed by atoms with Crippen LogP contribution in [-0.2, 0) is 19.1 Å². The molecule has 22 heavy (non-hydrogen) atoms. The van der Waals surface area contributed by atoms with Gasteiger partial charge in [0, 0.05) is 5.69 Å². The molecule has 0 bridgehead atoms. The molecule has 0 amide bonds. The molecule has 0 fully saturated rings. The number of aromatic amines is 1. The number of nitrogens with one attached hydrogen (secondary N) is 2. The van der Waals surface area contributed by atoms with Crippen LogP contribution in [0.25, 0.3) is 11.0 Å². The molecule has 0 unspecified atom stereocenters. The fourth-order valence-corrected chi connectivity index (χ4v) is 2.05. The van der Waals surface area contributed by atoms with E-state index in [-0.39, 0.29) is 5.70 Å². The number of nitrogens with zero attached hydrogens (tertiary/aromatic N) is 1. The molecule has 0 atom stereocenters. The monoisotopic (exact) mass is 303 g/mol. The van der Waals surface area contributed by atoms with Gasteiger partial charge in [-0.3, -0.25) is 0 Å². The molecule has 1 aromatic carbocycles. The minimum absolute atomic E-state index is 0.00397. The lowest BCUT2D eigenvalue weighted by molar-refractivity contribution is -0.138. The number of ether oxygens (including phenoxy) is 2. The van der Waals surface area contributed by atoms with Crippen LogP contribution in [0.1, 0.15) is 11.1 Å². The summed E-state index contributed by atoms with van der Waals surface area (Å²) in [5, 5.41) is 2.92. The largest absolute Gasteiger partial charge is 0.466 e. The second kappa shape index (κ2) is 6.30.